The number of nitrogens with zero attached hydrogens (tertiary/aromatic N) is 1. The van der Waals surface area contributed by atoms with Gasteiger partial charge in [-0.2, -0.15) is 0 Å². The van der Waals surface area contributed by atoms with E-state index >= 15 is 0 Å². The first kappa shape index (κ1) is 15.5. The quantitative estimate of drug-likeness (QED) is 0.854. The molecule has 0 aromatic heterocycles. The number of likely N-dealkylation sites (tertiary alicyclic amines) is 1. The molecule has 1 saturated carbocycles. The highest BCUT2D eigenvalue weighted by Crippen LogP contribution is 2.31. The molecule has 0 spiro atoms. The van der Waals surface area contributed by atoms with Crippen LogP contribution in [0.2, 0.25) is 5.02 Å². The second kappa shape index (κ2) is 6.41. The highest BCUT2D eigenvalue weighted by Gasteiger charge is 2.37. The zero-order chi connectivity index (χ0) is 15.7. The van der Waals surface area contributed by atoms with Crippen molar-refractivity contribution in [2.24, 2.45) is 5.92 Å². The van der Waals surface area contributed by atoms with Gasteiger partial charge >= 0.3 is 0 Å². The summed E-state index contributed by atoms with van der Waals surface area (Å²) in [6.45, 7) is 2.84. The van der Waals surface area contributed by atoms with Gasteiger partial charge in [0, 0.05) is 36.4 Å². The highest BCUT2D eigenvalue weighted by atomic mass is 35.5. The summed E-state index contributed by atoms with van der Waals surface area (Å²) in [5, 5.41) is 0.759. The summed E-state index contributed by atoms with van der Waals surface area (Å²) in [5.74, 6) is 0.625. The Labute approximate surface area is 136 Å². The first-order valence-corrected chi connectivity index (χ1v) is 8.49. The largest absolute Gasteiger partial charge is 0.339 e. The van der Waals surface area contributed by atoms with Crippen LogP contribution in [0.3, 0.4) is 0 Å². The normalized spacial score (nSPS) is 23.4. The molecule has 1 amide bonds. The number of hydrogen-bond donors (Lipinski definition) is 0. The molecule has 22 heavy (non-hydrogen) atoms. The van der Waals surface area contributed by atoms with E-state index in [9.17, 15) is 9.59 Å². The van der Waals surface area contributed by atoms with Gasteiger partial charge in [-0.25, -0.2) is 0 Å². The third-order valence-electron chi connectivity index (χ3n) is 4.98. The van der Waals surface area contributed by atoms with Crippen molar-refractivity contribution in [3.63, 3.8) is 0 Å². The summed E-state index contributed by atoms with van der Waals surface area (Å²) in [6, 6.07) is 6.31. The Morgan fingerprint density at radius 2 is 1.91 bits per heavy atom. The van der Waals surface area contributed by atoms with Crippen LogP contribution in [0.4, 0.5) is 0 Å². The Bertz CT molecular complexity index is 589. The van der Waals surface area contributed by atoms with Gasteiger partial charge in [0.05, 0.1) is 0 Å². The van der Waals surface area contributed by atoms with Gasteiger partial charge in [-0.05, 0) is 49.8 Å². The monoisotopic (exact) mass is 319 g/mol. The van der Waals surface area contributed by atoms with Crippen LogP contribution in [-0.2, 0) is 16.0 Å². The fourth-order valence-corrected chi connectivity index (χ4v) is 3.95. The minimum atomic E-state index is 0.0397. The first-order chi connectivity index (χ1) is 10.5. The lowest BCUT2D eigenvalue weighted by atomic mass is 9.93. The molecular weight excluding hydrogens is 298 g/mol. The number of Topliss-reactive ketones (excluding diaryl/α,β-unsaturated/α-hetero) is 1. The maximum absolute atomic E-state index is 12.7. The van der Waals surface area contributed by atoms with Gasteiger partial charge in [-0.1, -0.05) is 23.7 Å². The van der Waals surface area contributed by atoms with Gasteiger partial charge in [-0.15, -0.1) is 0 Å². The number of rotatable bonds is 3. The highest BCUT2D eigenvalue weighted by molar-refractivity contribution is 6.31. The van der Waals surface area contributed by atoms with Gasteiger partial charge in [0.2, 0.25) is 5.91 Å². The predicted molar refractivity (Wildman–Crippen MR) is 87.0 cm³/mol. The van der Waals surface area contributed by atoms with E-state index in [2.05, 4.69) is 0 Å². The van der Waals surface area contributed by atoms with Crippen LogP contribution in [0, 0.1) is 12.8 Å². The van der Waals surface area contributed by atoms with Crippen LogP contribution in [0.5, 0.6) is 0 Å². The molecule has 2 fully saturated rings. The molecule has 0 N–H and O–H groups in total. The van der Waals surface area contributed by atoms with Gasteiger partial charge in [0.15, 0.2) is 0 Å². The molecule has 3 rings (SSSR count). The molecule has 1 aliphatic carbocycles. The molecular formula is C18H22ClNO2. The number of carbonyl (C=O) groups is 2. The van der Waals surface area contributed by atoms with E-state index in [1.807, 2.05) is 30.0 Å². The van der Waals surface area contributed by atoms with E-state index in [1.165, 1.54) is 0 Å². The van der Waals surface area contributed by atoms with Crippen molar-refractivity contribution in [2.75, 3.05) is 6.54 Å². The van der Waals surface area contributed by atoms with Crippen LogP contribution in [0.25, 0.3) is 0 Å². The van der Waals surface area contributed by atoms with E-state index in [1.54, 1.807) is 0 Å². The van der Waals surface area contributed by atoms with E-state index in [0.717, 1.165) is 48.4 Å². The van der Waals surface area contributed by atoms with E-state index in [0.29, 0.717) is 18.6 Å². The summed E-state index contributed by atoms with van der Waals surface area (Å²) in [7, 11) is 0. The summed E-state index contributed by atoms with van der Waals surface area (Å²) >= 11 is 6.29. The Morgan fingerprint density at radius 1 is 1.18 bits per heavy atom. The number of amides is 1. The molecule has 1 atom stereocenters. The van der Waals surface area contributed by atoms with Crippen LogP contribution in [0.15, 0.2) is 18.2 Å². The molecule has 1 aliphatic heterocycles. The molecule has 1 unspecified atom stereocenters. The third-order valence-corrected chi connectivity index (χ3v) is 5.33. The molecule has 2 aliphatic rings. The summed E-state index contributed by atoms with van der Waals surface area (Å²) in [5.41, 5.74) is 2.20. The number of halogens is 1. The van der Waals surface area contributed by atoms with E-state index < -0.39 is 0 Å². The minimum Gasteiger partial charge on any atom is -0.339 e. The van der Waals surface area contributed by atoms with Crippen molar-refractivity contribution in [1.29, 1.82) is 0 Å². The molecule has 3 nitrogen and oxygen atoms in total. The number of ketones is 1. The van der Waals surface area contributed by atoms with E-state index in [4.69, 9.17) is 11.6 Å². The van der Waals surface area contributed by atoms with Crippen LogP contribution >= 0.6 is 11.6 Å². The average molecular weight is 320 g/mol. The summed E-state index contributed by atoms with van der Waals surface area (Å²) < 4.78 is 0. The molecule has 1 aromatic carbocycles. The maximum Gasteiger partial charge on any atom is 0.226 e. The smallest absolute Gasteiger partial charge is 0.226 e. The van der Waals surface area contributed by atoms with Gasteiger partial charge in [-0.3, -0.25) is 9.59 Å². The Kier molecular flexibility index (Phi) is 4.53. The number of hydrogen-bond acceptors (Lipinski definition) is 2. The SMILES string of the molecule is Cc1ccc(CC2CCN(C3CCC(=O)CC3)C2=O)c(Cl)c1. The summed E-state index contributed by atoms with van der Waals surface area (Å²) in [4.78, 5) is 26.0. The second-order valence-electron chi connectivity index (χ2n) is 6.59. The van der Waals surface area contributed by atoms with Crippen molar-refractivity contribution in [3.8, 4) is 0 Å². The lowest BCUT2D eigenvalue weighted by molar-refractivity contribution is -0.135. The molecule has 0 radical (unpaired) electrons. The Balaban J connectivity index is 1.65. The summed E-state index contributed by atoms with van der Waals surface area (Å²) in [6.07, 6.45) is 4.55. The van der Waals surface area contributed by atoms with Gasteiger partial charge in [0.1, 0.15) is 5.78 Å². The van der Waals surface area contributed by atoms with Crippen molar-refractivity contribution in [2.45, 2.75) is 51.5 Å². The molecule has 4 heteroatoms. The lowest BCUT2D eigenvalue weighted by Crippen LogP contribution is -2.40. The molecule has 1 aromatic rings. The van der Waals surface area contributed by atoms with Crippen molar-refractivity contribution in [3.05, 3.63) is 34.3 Å². The Hall–Kier alpha value is -1.35. The standard InChI is InChI=1S/C18H22ClNO2/c1-12-2-3-13(17(19)10-12)11-14-8-9-20(18(14)22)15-4-6-16(21)7-5-15/h2-3,10,14-15H,4-9,11H2,1H3. The zero-order valence-corrected chi connectivity index (χ0v) is 13.7. The van der Waals surface area contributed by atoms with Crippen molar-refractivity contribution >= 4 is 23.3 Å². The number of benzene rings is 1. The first-order valence-electron chi connectivity index (χ1n) is 8.12. The maximum atomic E-state index is 12.7. The average Bonchev–Trinajstić information content (AvgIpc) is 2.84. The van der Waals surface area contributed by atoms with Crippen LogP contribution < -0.4 is 0 Å². The third kappa shape index (κ3) is 3.19. The zero-order valence-electron chi connectivity index (χ0n) is 13.0. The fraction of sp³-hybridized carbons (Fsp3) is 0.556. The molecule has 118 valence electrons. The van der Waals surface area contributed by atoms with Gasteiger partial charge in [0.25, 0.3) is 0 Å². The van der Waals surface area contributed by atoms with Crippen LogP contribution in [-0.4, -0.2) is 29.2 Å². The molecule has 1 heterocycles. The second-order valence-corrected chi connectivity index (χ2v) is 6.99. The van der Waals surface area contributed by atoms with Crippen LogP contribution in [0.1, 0.15) is 43.2 Å². The predicted octanol–water partition coefficient (Wildman–Crippen LogP) is 3.55. The molecule has 0 bridgehead atoms. The minimum absolute atomic E-state index is 0.0397. The number of carbonyl (C=O) groups excluding carboxylic acids is 2. The fourth-order valence-electron chi connectivity index (χ4n) is 3.63. The molecule has 1 saturated heterocycles. The number of aryl methyl sites for hydroxylation is 1. The van der Waals surface area contributed by atoms with Crippen molar-refractivity contribution in [1.82, 2.24) is 4.90 Å². The lowest BCUT2D eigenvalue weighted by Gasteiger charge is -2.30. The topological polar surface area (TPSA) is 37.4 Å². The van der Waals surface area contributed by atoms with Crippen molar-refractivity contribution < 1.29 is 9.59 Å². The van der Waals surface area contributed by atoms with Gasteiger partial charge < -0.3 is 4.90 Å². The van der Waals surface area contributed by atoms with E-state index in [-0.39, 0.29) is 17.9 Å². The Morgan fingerprint density at radius 3 is 2.59 bits per heavy atom.